The highest BCUT2D eigenvalue weighted by atomic mass is 32.1. The average molecular weight is 454 g/mol. The maximum Gasteiger partial charge on any atom is 0.337 e. The molecule has 0 bridgehead atoms. The lowest BCUT2D eigenvalue weighted by atomic mass is 10.1. The van der Waals surface area contributed by atoms with Gasteiger partial charge in [-0.25, -0.2) is 9.78 Å². The van der Waals surface area contributed by atoms with Gasteiger partial charge in [0.15, 0.2) is 0 Å². The second-order valence-electron chi connectivity index (χ2n) is 6.99. The minimum atomic E-state index is -0.491. The molecular formula is C22H19N3O4S2. The van der Waals surface area contributed by atoms with Crippen LogP contribution in [-0.4, -0.2) is 28.5 Å². The van der Waals surface area contributed by atoms with Gasteiger partial charge in [0.2, 0.25) is 5.91 Å². The molecule has 0 unspecified atom stereocenters. The maximum absolute atomic E-state index is 13.1. The summed E-state index contributed by atoms with van der Waals surface area (Å²) < 4.78 is 6.03. The number of carbonyl (C=O) groups is 2. The summed E-state index contributed by atoms with van der Waals surface area (Å²) in [5, 5.41) is 5.21. The number of hydrogen-bond acceptors (Lipinski definition) is 7. The van der Waals surface area contributed by atoms with Gasteiger partial charge in [-0.3, -0.25) is 14.2 Å². The van der Waals surface area contributed by atoms with Crippen LogP contribution >= 0.6 is 22.7 Å². The van der Waals surface area contributed by atoms with E-state index in [4.69, 9.17) is 4.74 Å². The summed E-state index contributed by atoms with van der Waals surface area (Å²) in [6.07, 6.45) is 1.39. The van der Waals surface area contributed by atoms with Crippen molar-refractivity contribution in [1.82, 2.24) is 9.55 Å². The third-order valence-electron chi connectivity index (χ3n) is 4.81. The van der Waals surface area contributed by atoms with E-state index < -0.39 is 11.9 Å². The van der Waals surface area contributed by atoms with Crippen molar-refractivity contribution in [3.63, 3.8) is 0 Å². The van der Waals surface area contributed by atoms with Gasteiger partial charge in [0.1, 0.15) is 11.4 Å². The highest BCUT2D eigenvalue weighted by molar-refractivity contribution is 7.19. The number of anilines is 1. The van der Waals surface area contributed by atoms with Crippen molar-refractivity contribution >= 4 is 50.5 Å². The highest BCUT2D eigenvalue weighted by Gasteiger charge is 2.16. The van der Waals surface area contributed by atoms with Crippen LogP contribution in [0.4, 0.5) is 5.69 Å². The molecule has 0 saturated heterocycles. The number of aromatic nitrogens is 2. The van der Waals surface area contributed by atoms with Crippen LogP contribution < -0.4 is 10.9 Å². The Morgan fingerprint density at radius 3 is 2.71 bits per heavy atom. The fourth-order valence-electron chi connectivity index (χ4n) is 3.19. The standard InChI is InChI=1S/C22H19N3O4S2/c1-12-4-6-14(22(28)29-3)8-16(12)24-18(26)9-25-11-23-20-19(21(25)27)15(10-30-20)17-7-5-13(2)31-17/h4-8,10-11H,9H2,1-3H3,(H,24,26). The lowest BCUT2D eigenvalue weighted by molar-refractivity contribution is -0.116. The van der Waals surface area contributed by atoms with Crippen molar-refractivity contribution in [2.24, 2.45) is 0 Å². The number of nitrogens with zero attached hydrogens (tertiary/aromatic N) is 2. The number of rotatable bonds is 5. The Labute approximate surface area is 185 Å². The Morgan fingerprint density at radius 2 is 2.00 bits per heavy atom. The minimum Gasteiger partial charge on any atom is -0.465 e. The molecule has 4 rings (SSSR count). The molecule has 158 valence electrons. The molecule has 4 aromatic rings. The summed E-state index contributed by atoms with van der Waals surface area (Å²) in [5.41, 5.74) is 2.18. The lowest BCUT2D eigenvalue weighted by Gasteiger charge is -2.11. The van der Waals surface area contributed by atoms with Gasteiger partial charge in [0, 0.05) is 26.4 Å². The van der Waals surface area contributed by atoms with Crippen LogP contribution in [0.2, 0.25) is 0 Å². The van der Waals surface area contributed by atoms with Crippen LogP contribution in [0, 0.1) is 13.8 Å². The van der Waals surface area contributed by atoms with Crippen LogP contribution in [0.25, 0.3) is 20.7 Å². The molecule has 1 aromatic carbocycles. The molecule has 7 nitrogen and oxygen atoms in total. The zero-order chi connectivity index (χ0) is 22.1. The molecule has 0 aliphatic carbocycles. The predicted octanol–water partition coefficient (Wildman–Crippen LogP) is 4.23. The molecular weight excluding hydrogens is 434 g/mol. The SMILES string of the molecule is COC(=O)c1ccc(C)c(NC(=O)Cn2cnc3scc(-c4ccc(C)s4)c3c2=O)c1. The number of amides is 1. The highest BCUT2D eigenvalue weighted by Crippen LogP contribution is 2.34. The number of methoxy groups -OCH3 is 1. The molecule has 1 N–H and O–H groups in total. The molecule has 0 fully saturated rings. The van der Waals surface area contributed by atoms with Gasteiger partial charge in [-0.1, -0.05) is 6.07 Å². The van der Waals surface area contributed by atoms with Crippen molar-refractivity contribution in [3.8, 4) is 10.4 Å². The van der Waals surface area contributed by atoms with E-state index in [1.54, 1.807) is 29.5 Å². The summed E-state index contributed by atoms with van der Waals surface area (Å²) in [4.78, 5) is 44.7. The lowest BCUT2D eigenvalue weighted by Crippen LogP contribution is -2.28. The Hall–Kier alpha value is -3.30. The van der Waals surface area contributed by atoms with Crippen molar-refractivity contribution in [1.29, 1.82) is 0 Å². The molecule has 0 atom stereocenters. The molecule has 0 radical (unpaired) electrons. The summed E-state index contributed by atoms with van der Waals surface area (Å²) in [7, 11) is 1.30. The summed E-state index contributed by atoms with van der Waals surface area (Å²) in [6, 6.07) is 8.91. The quantitative estimate of drug-likeness (QED) is 0.457. The molecule has 9 heteroatoms. The van der Waals surface area contributed by atoms with E-state index in [9.17, 15) is 14.4 Å². The van der Waals surface area contributed by atoms with Crippen molar-refractivity contribution in [2.75, 3.05) is 12.4 Å². The first-order valence-electron chi connectivity index (χ1n) is 9.39. The molecule has 0 spiro atoms. The van der Waals surface area contributed by atoms with Gasteiger partial charge in [-0.05, 0) is 43.7 Å². The molecule has 31 heavy (non-hydrogen) atoms. The fourth-order valence-corrected chi connectivity index (χ4v) is 5.05. The van der Waals surface area contributed by atoms with E-state index in [0.717, 1.165) is 20.9 Å². The first-order valence-corrected chi connectivity index (χ1v) is 11.1. The van der Waals surface area contributed by atoms with E-state index in [1.807, 2.05) is 31.4 Å². The molecule has 0 saturated carbocycles. The van der Waals surface area contributed by atoms with Crippen molar-refractivity contribution < 1.29 is 14.3 Å². The molecule has 0 aliphatic heterocycles. The Balaban J connectivity index is 1.62. The molecule has 0 aliphatic rings. The Kier molecular flexibility index (Phi) is 5.71. The van der Waals surface area contributed by atoms with Crippen molar-refractivity contribution in [2.45, 2.75) is 20.4 Å². The largest absolute Gasteiger partial charge is 0.465 e. The van der Waals surface area contributed by atoms with Crippen LogP contribution in [0.15, 0.2) is 46.8 Å². The zero-order valence-electron chi connectivity index (χ0n) is 17.1. The van der Waals surface area contributed by atoms with Crippen molar-refractivity contribution in [3.05, 3.63) is 68.4 Å². The molecule has 3 heterocycles. The van der Waals surface area contributed by atoms with Gasteiger partial charge >= 0.3 is 5.97 Å². The number of hydrogen-bond donors (Lipinski definition) is 1. The number of esters is 1. The van der Waals surface area contributed by atoms with Crippen LogP contribution in [0.5, 0.6) is 0 Å². The van der Waals surface area contributed by atoms with E-state index in [2.05, 4.69) is 10.3 Å². The predicted molar refractivity (Wildman–Crippen MR) is 123 cm³/mol. The van der Waals surface area contributed by atoms with Gasteiger partial charge < -0.3 is 10.1 Å². The van der Waals surface area contributed by atoms with Gasteiger partial charge in [0.05, 0.1) is 24.4 Å². The van der Waals surface area contributed by atoms with E-state index in [1.165, 1.54) is 29.3 Å². The second kappa shape index (κ2) is 8.44. The normalized spacial score (nSPS) is 10.9. The summed E-state index contributed by atoms with van der Waals surface area (Å²) >= 11 is 3.02. The van der Waals surface area contributed by atoms with E-state index in [-0.39, 0.29) is 12.1 Å². The first-order chi connectivity index (χ1) is 14.9. The zero-order valence-corrected chi connectivity index (χ0v) is 18.7. The number of fused-ring (bicyclic) bond motifs is 1. The number of benzene rings is 1. The average Bonchev–Trinajstić information content (AvgIpc) is 3.37. The number of nitrogens with one attached hydrogen (secondary N) is 1. The maximum atomic E-state index is 13.1. The third-order valence-corrected chi connectivity index (χ3v) is 6.73. The van der Waals surface area contributed by atoms with Gasteiger partial charge in [0.25, 0.3) is 5.56 Å². The van der Waals surface area contributed by atoms with E-state index >= 15 is 0 Å². The van der Waals surface area contributed by atoms with E-state index in [0.29, 0.717) is 21.5 Å². The summed E-state index contributed by atoms with van der Waals surface area (Å²) in [6.45, 7) is 3.64. The topological polar surface area (TPSA) is 90.3 Å². The molecule has 3 aromatic heterocycles. The number of ether oxygens (including phenoxy) is 1. The van der Waals surface area contributed by atoms with Crippen LogP contribution in [0.1, 0.15) is 20.8 Å². The second-order valence-corrected chi connectivity index (χ2v) is 9.13. The number of thiophene rings is 2. The van der Waals surface area contributed by atoms with Gasteiger partial charge in [-0.15, -0.1) is 22.7 Å². The third kappa shape index (κ3) is 4.14. The Bertz CT molecular complexity index is 1370. The Morgan fingerprint density at radius 1 is 1.19 bits per heavy atom. The van der Waals surface area contributed by atoms with Crippen LogP contribution in [0.3, 0.4) is 0 Å². The number of aryl methyl sites for hydroxylation is 2. The minimum absolute atomic E-state index is 0.192. The smallest absolute Gasteiger partial charge is 0.337 e. The fraction of sp³-hybridized carbons (Fsp3) is 0.182. The number of carbonyl (C=O) groups excluding carboxylic acids is 2. The van der Waals surface area contributed by atoms with Gasteiger partial charge in [-0.2, -0.15) is 0 Å². The molecule has 1 amide bonds. The monoisotopic (exact) mass is 453 g/mol. The summed E-state index contributed by atoms with van der Waals surface area (Å²) in [5.74, 6) is -0.882. The van der Waals surface area contributed by atoms with Crippen LogP contribution in [-0.2, 0) is 16.1 Å². The first kappa shape index (κ1) is 21.0.